The molecular formula is C22H25BrN2O6S. The van der Waals surface area contributed by atoms with Gasteiger partial charge in [-0.1, -0.05) is 39.3 Å². The first-order valence-corrected chi connectivity index (χ1v) is 12.4. The Morgan fingerprint density at radius 1 is 1.31 bits per heavy atom. The molecular weight excluding hydrogens is 500 g/mol. The third-order valence-electron chi connectivity index (χ3n) is 4.71. The molecule has 0 bridgehead atoms. The van der Waals surface area contributed by atoms with Crippen LogP contribution >= 0.6 is 15.9 Å². The predicted molar refractivity (Wildman–Crippen MR) is 123 cm³/mol. The summed E-state index contributed by atoms with van der Waals surface area (Å²) in [5.74, 6) is -1.62. The lowest BCUT2D eigenvalue weighted by Gasteiger charge is -2.45. The number of esters is 1. The Bertz CT molecular complexity index is 1160. The summed E-state index contributed by atoms with van der Waals surface area (Å²) in [5.41, 5.74) is 0.758. The number of hydrogen-bond donors (Lipinski definition) is 0. The van der Waals surface area contributed by atoms with E-state index >= 15 is 0 Å². The van der Waals surface area contributed by atoms with Gasteiger partial charge in [0, 0.05) is 10.0 Å². The number of carbonyl (C=O) groups excluding carboxylic acids is 2. The number of halogens is 1. The summed E-state index contributed by atoms with van der Waals surface area (Å²) in [6.45, 7) is 8.44. The van der Waals surface area contributed by atoms with Crippen LogP contribution in [0, 0.1) is 0 Å². The maximum atomic E-state index is 12.8. The van der Waals surface area contributed by atoms with E-state index in [0.717, 1.165) is 14.9 Å². The fraction of sp³-hybridized carbons (Fsp3) is 0.409. The Kier molecular flexibility index (Phi) is 6.67. The second-order valence-corrected chi connectivity index (χ2v) is 11.6. The van der Waals surface area contributed by atoms with E-state index in [0.29, 0.717) is 5.71 Å². The lowest BCUT2D eigenvalue weighted by molar-refractivity contribution is -0.155. The average Bonchev–Trinajstić information content (AvgIpc) is 2.65. The summed E-state index contributed by atoms with van der Waals surface area (Å²) in [6, 6.07) is 7.51. The van der Waals surface area contributed by atoms with Gasteiger partial charge in [-0.2, -0.15) is 0 Å². The molecule has 1 atom stereocenters. The number of ether oxygens (including phenoxy) is 1. The summed E-state index contributed by atoms with van der Waals surface area (Å²) in [6.07, 6.45) is 1.38. The quantitative estimate of drug-likeness (QED) is 0.192. The van der Waals surface area contributed by atoms with Crippen LogP contribution in [0.1, 0.15) is 40.2 Å². The van der Waals surface area contributed by atoms with Crippen molar-refractivity contribution in [3.63, 3.8) is 0 Å². The number of amides is 1. The summed E-state index contributed by atoms with van der Waals surface area (Å²) in [4.78, 5) is 31.8. The van der Waals surface area contributed by atoms with Gasteiger partial charge in [0.1, 0.15) is 17.9 Å². The highest BCUT2D eigenvalue weighted by Gasteiger charge is 2.56. The van der Waals surface area contributed by atoms with Crippen LogP contribution in [0.3, 0.4) is 0 Å². The zero-order valence-electron chi connectivity index (χ0n) is 18.5. The lowest BCUT2D eigenvalue weighted by atomic mass is 10.0. The van der Waals surface area contributed by atoms with E-state index < -0.39 is 32.7 Å². The molecule has 8 nitrogen and oxygen atoms in total. The molecule has 0 N–H and O–H groups in total. The zero-order valence-corrected chi connectivity index (χ0v) is 20.9. The number of benzene rings is 1. The van der Waals surface area contributed by atoms with E-state index in [4.69, 9.17) is 9.57 Å². The van der Waals surface area contributed by atoms with Crippen molar-refractivity contribution in [2.24, 2.45) is 5.16 Å². The molecule has 2 heterocycles. The van der Waals surface area contributed by atoms with Gasteiger partial charge >= 0.3 is 5.97 Å². The summed E-state index contributed by atoms with van der Waals surface area (Å²) >= 11 is 3.42. The lowest BCUT2D eigenvalue weighted by Crippen LogP contribution is -2.62. The van der Waals surface area contributed by atoms with Crippen molar-refractivity contribution in [2.75, 3.05) is 5.75 Å². The van der Waals surface area contributed by atoms with Gasteiger partial charge in [0.25, 0.3) is 5.91 Å². The van der Waals surface area contributed by atoms with Crippen LogP contribution in [0.5, 0.6) is 0 Å². The molecule has 3 rings (SSSR count). The van der Waals surface area contributed by atoms with Crippen LogP contribution in [-0.2, 0) is 35.6 Å². The maximum Gasteiger partial charge on any atom is 0.355 e. The first kappa shape index (κ1) is 24.2. The van der Waals surface area contributed by atoms with Crippen LogP contribution in [0.15, 0.2) is 56.8 Å². The Morgan fingerprint density at radius 2 is 1.97 bits per heavy atom. The number of rotatable bonds is 5. The molecule has 2 aliphatic rings. The number of sulfone groups is 1. The fourth-order valence-electron chi connectivity index (χ4n) is 3.45. The molecule has 2 aliphatic heterocycles. The number of nitrogens with zero attached hydrogens (tertiary/aromatic N) is 2. The monoisotopic (exact) mass is 524 g/mol. The minimum atomic E-state index is -3.71. The Balaban J connectivity index is 1.82. The molecule has 0 aromatic heterocycles. The Morgan fingerprint density at radius 3 is 2.59 bits per heavy atom. The van der Waals surface area contributed by atoms with E-state index in [-0.39, 0.29) is 29.2 Å². The molecule has 1 amide bonds. The van der Waals surface area contributed by atoms with E-state index in [9.17, 15) is 18.0 Å². The van der Waals surface area contributed by atoms with Crippen LogP contribution in [0.4, 0.5) is 0 Å². The maximum absolute atomic E-state index is 12.8. The van der Waals surface area contributed by atoms with Crippen molar-refractivity contribution >= 4 is 43.4 Å². The highest BCUT2D eigenvalue weighted by atomic mass is 79.9. The highest BCUT2D eigenvalue weighted by Crippen LogP contribution is 2.40. The largest absolute Gasteiger partial charge is 0.455 e. The number of hydrogen-bond acceptors (Lipinski definition) is 7. The predicted octanol–water partition coefficient (Wildman–Crippen LogP) is 3.48. The van der Waals surface area contributed by atoms with Crippen LogP contribution in [0.2, 0.25) is 0 Å². The standard InChI is InChI=1S/C22H25BrN2O6S/c1-13-12-32(28,29)20-16(19(26)25(20)18(13)21(27)31-22(3,4)5)10-14(2)24-30-11-15-8-6-7-9-17(15)23/h6-10,20H,11-12H2,1-5H3/b16-10-,24-14-. The van der Waals surface area contributed by atoms with E-state index in [1.807, 2.05) is 24.3 Å². The minimum Gasteiger partial charge on any atom is -0.455 e. The number of allylic oxidation sites excluding steroid dienone is 1. The van der Waals surface area contributed by atoms with Crippen molar-refractivity contribution < 1.29 is 27.6 Å². The van der Waals surface area contributed by atoms with Crippen molar-refractivity contribution in [2.45, 2.75) is 52.2 Å². The number of β-lactam (4-membered cyclic amide) rings is 1. The number of oxime groups is 1. The van der Waals surface area contributed by atoms with Gasteiger partial charge in [0.05, 0.1) is 17.0 Å². The Labute approximate surface area is 196 Å². The van der Waals surface area contributed by atoms with E-state index in [1.165, 1.54) is 13.0 Å². The van der Waals surface area contributed by atoms with Gasteiger partial charge in [-0.3, -0.25) is 9.69 Å². The molecule has 1 aromatic carbocycles. The van der Waals surface area contributed by atoms with Crippen molar-refractivity contribution in [3.05, 3.63) is 57.2 Å². The van der Waals surface area contributed by atoms with Crippen LogP contribution < -0.4 is 0 Å². The molecule has 172 valence electrons. The van der Waals surface area contributed by atoms with Gasteiger partial charge in [-0.25, -0.2) is 13.2 Å². The summed E-state index contributed by atoms with van der Waals surface area (Å²) < 4.78 is 31.8. The molecule has 10 heteroatoms. The van der Waals surface area contributed by atoms with Crippen molar-refractivity contribution in [1.29, 1.82) is 0 Å². The summed E-state index contributed by atoms with van der Waals surface area (Å²) in [5, 5.41) is 2.73. The van der Waals surface area contributed by atoms with Gasteiger partial charge in [0.2, 0.25) is 0 Å². The smallest absolute Gasteiger partial charge is 0.355 e. The topological polar surface area (TPSA) is 102 Å². The highest BCUT2D eigenvalue weighted by molar-refractivity contribution is 9.10. The molecule has 1 saturated heterocycles. The normalized spacial score (nSPS) is 21.9. The Hall–Kier alpha value is -2.46. The molecule has 32 heavy (non-hydrogen) atoms. The molecule has 1 aromatic rings. The fourth-order valence-corrected chi connectivity index (χ4v) is 5.83. The molecule has 0 aliphatic carbocycles. The second-order valence-electron chi connectivity index (χ2n) is 8.66. The molecule has 0 radical (unpaired) electrons. The van der Waals surface area contributed by atoms with Crippen LogP contribution in [0.25, 0.3) is 0 Å². The number of fused-ring (bicyclic) bond motifs is 1. The molecule has 0 spiro atoms. The third kappa shape index (κ3) is 4.96. The first-order valence-electron chi connectivity index (χ1n) is 9.91. The SMILES string of the molecule is CC1=C(C(=O)OC(C)(C)C)N2C(=O)/C(=C/C(C)=N\OCc3ccccc3Br)C2S(=O)(=O)C1. The second kappa shape index (κ2) is 8.82. The van der Waals surface area contributed by atoms with Gasteiger partial charge in [-0.15, -0.1) is 0 Å². The van der Waals surface area contributed by atoms with Crippen molar-refractivity contribution in [1.82, 2.24) is 4.90 Å². The van der Waals surface area contributed by atoms with Gasteiger partial charge < -0.3 is 9.57 Å². The minimum absolute atomic E-state index is 0.0123. The average molecular weight is 525 g/mol. The zero-order chi connectivity index (χ0) is 23.8. The number of carbonyl (C=O) groups is 2. The van der Waals surface area contributed by atoms with Gasteiger partial charge in [0.15, 0.2) is 15.2 Å². The van der Waals surface area contributed by atoms with E-state index in [2.05, 4.69) is 21.1 Å². The molecule has 1 unspecified atom stereocenters. The van der Waals surface area contributed by atoms with E-state index in [1.54, 1.807) is 27.7 Å². The molecule has 1 fully saturated rings. The third-order valence-corrected chi connectivity index (χ3v) is 7.47. The van der Waals surface area contributed by atoms with Crippen molar-refractivity contribution in [3.8, 4) is 0 Å². The first-order chi connectivity index (χ1) is 14.8. The summed E-state index contributed by atoms with van der Waals surface area (Å²) in [7, 11) is -3.71. The van der Waals surface area contributed by atoms with Gasteiger partial charge in [-0.05, 0) is 52.3 Å². The van der Waals surface area contributed by atoms with Crippen LogP contribution in [-0.4, -0.2) is 47.6 Å². The molecule has 0 saturated carbocycles.